The van der Waals surface area contributed by atoms with Crippen molar-refractivity contribution in [1.29, 1.82) is 0 Å². The zero-order valence-electron chi connectivity index (χ0n) is 15.3. The number of nitrogens with zero attached hydrogens (tertiary/aromatic N) is 2. The van der Waals surface area contributed by atoms with E-state index in [0.717, 1.165) is 5.56 Å². The highest BCUT2D eigenvalue weighted by molar-refractivity contribution is 7.09. The molecule has 0 aliphatic rings. The van der Waals surface area contributed by atoms with E-state index in [2.05, 4.69) is 4.98 Å². The quantitative estimate of drug-likeness (QED) is 0.754. The van der Waals surface area contributed by atoms with E-state index in [0.29, 0.717) is 29.4 Å². The van der Waals surface area contributed by atoms with Gasteiger partial charge in [-0.1, -0.05) is 17.7 Å². The number of hydrogen-bond donors (Lipinski definition) is 0. The second kappa shape index (κ2) is 7.78. The number of rotatable bonds is 5. The van der Waals surface area contributed by atoms with Gasteiger partial charge in [0.15, 0.2) is 5.69 Å². The molecule has 0 bridgehead atoms. The molecule has 0 unspecified atom stereocenters. The number of amides is 1. The minimum absolute atomic E-state index is 0.0552. The largest absolute Gasteiger partial charge is 0.461 e. The van der Waals surface area contributed by atoms with Crippen molar-refractivity contribution in [3.8, 4) is 0 Å². The first kappa shape index (κ1) is 19.1. The van der Waals surface area contributed by atoms with Crippen LogP contribution in [0.25, 0.3) is 0 Å². The molecule has 0 atom stereocenters. The summed E-state index contributed by atoms with van der Waals surface area (Å²) in [6, 6.07) is 7.53. The summed E-state index contributed by atoms with van der Waals surface area (Å²) < 4.78 is 4.97. The highest BCUT2D eigenvalue weighted by Crippen LogP contribution is 2.23. The Morgan fingerprint density at radius 2 is 1.84 bits per heavy atom. The first-order valence-electron chi connectivity index (χ1n) is 8.22. The molecule has 0 saturated carbocycles. The normalized spacial score (nSPS) is 11.2. The van der Waals surface area contributed by atoms with Gasteiger partial charge in [0.05, 0.1) is 13.2 Å². The van der Waals surface area contributed by atoms with Crippen molar-refractivity contribution >= 4 is 23.2 Å². The molecule has 1 heterocycles. The van der Waals surface area contributed by atoms with E-state index in [1.165, 1.54) is 11.3 Å². The number of hydrogen-bond acceptors (Lipinski definition) is 5. The Morgan fingerprint density at radius 3 is 2.40 bits per heavy atom. The van der Waals surface area contributed by atoms with E-state index in [4.69, 9.17) is 4.74 Å². The van der Waals surface area contributed by atoms with Crippen LogP contribution in [0.2, 0.25) is 0 Å². The molecule has 2 aromatic rings. The van der Waals surface area contributed by atoms with Crippen molar-refractivity contribution in [2.45, 2.75) is 46.7 Å². The lowest BCUT2D eigenvalue weighted by atomic mass is 10.0. The Bertz CT molecular complexity index is 745. The van der Waals surface area contributed by atoms with Crippen molar-refractivity contribution in [2.24, 2.45) is 0 Å². The first-order chi connectivity index (χ1) is 11.7. The minimum Gasteiger partial charge on any atom is -0.461 e. The SMILES string of the molecule is CCOC(=O)c1csc(CN(C(=O)c2ccc(C)cc2)C(C)(C)C)n1. The minimum atomic E-state index is -0.433. The summed E-state index contributed by atoms with van der Waals surface area (Å²) in [6.07, 6.45) is 0. The summed E-state index contributed by atoms with van der Waals surface area (Å²) >= 11 is 1.36. The maximum atomic E-state index is 13.0. The molecule has 6 heteroatoms. The lowest BCUT2D eigenvalue weighted by Gasteiger charge is -2.35. The van der Waals surface area contributed by atoms with Gasteiger partial charge >= 0.3 is 5.97 Å². The van der Waals surface area contributed by atoms with Crippen LogP contribution in [0, 0.1) is 6.92 Å². The molecular formula is C19H24N2O3S. The van der Waals surface area contributed by atoms with Gasteiger partial charge in [0.2, 0.25) is 0 Å². The predicted octanol–water partition coefficient (Wildman–Crippen LogP) is 4.07. The van der Waals surface area contributed by atoms with Crippen molar-refractivity contribution in [3.05, 3.63) is 51.5 Å². The topological polar surface area (TPSA) is 59.5 Å². The molecule has 2 rings (SSSR count). The first-order valence-corrected chi connectivity index (χ1v) is 9.10. The molecule has 0 aliphatic carbocycles. The van der Waals surface area contributed by atoms with E-state index < -0.39 is 5.97 Å². The molecule has 134 valence electrons. The zero-order valence-corrected chi connectivity index (χ0v) is 16.1. The van der Waals surface area contributed by atoms with Crippen LogP contribution >= 0.6 is 11.3 Å². The van der Waals surface area contributed by atoms with E-state index in [9.17, 15) is 9.59 Å². The molecule has 1 aromatic carbocycles. The average Bonchev–Trinajstić information content (AvgIpc) is 3.01. The van der Waals surface area contributed by atoms with Gasteiger partial charge in [0.25, 0.3) is 5.91 Å². The van der Waals surface area contributed by atoms with Crippen LogP contribution < -0.4 is 0 Å². The summed E-state index contributed by atoms with van der Waals surface area (Å²) in [5, 5.41) is 2.38. The highest BCUT2D eigenvalue weighted by atomic mass is 32.1. The maximum Gasteiger partial charge on any atom is 0.357 e. The molecule has 0 fully saturated rings. The number of thiazole rings is 1. The number of aryl methyl sites for hydroxylation is 1. The molecule has 5 nitrogen and oxygen atoms in total. The van der Waals surface area contributed by atoms with Crippen LogP contribution in [0.15, 0.2) is 29.6 Å². The van der Waals surface area contributed by atoms with Crippen LogP contribution in [0.3, 0.4) is 0 Å². The molecule has 0 N–H and O–H groups in total. The summed E-state index contributed by atoms with van der Waals surface area (Å²) in [7, 11) is 0. The Labute approximate surface area is 152 Å². The fourth-order valence-corrected chi connectivity index (χ4v) is 3.03. The highest BCUT2D eigenvalue weighted by Gasteiger charge is 2.28. The molecule has 1 amide bonds. The Balaban J connectivity index is 2.23. The average molecular weight is 360 g/mol. The van der Waals surface area contributed by atoms with Crippen LogP contribution in [0.5, 0.6) is 0 Å². The molecule has 25 heavy (non-hydrogen) atoms. The van der Waals surface area contributed by atoms with E-state index in [-0.39, 0.29) is 11.4 Å². The molecule has 0 radical (unpaired) electrons. The fourth-order valence-electron chi connectivity index (χ4n) is 2.28. The van der Waals surface area contributed by atoms with Gasteiger partial charge < -0.3 is 9.64 Å². The third-order valence-electron chi connectivity index (χ3n) is 3.68. The molecule has 0 saturated heterocycles. The number of carbonyl (C=O) groups is 2. The van der Waals surface area contributed by atoms with Crippen molar-refractivity contribution in [1.82, 2.24) is 9.88 Å². The monoisotopic (exact) mass is 360 g/mol. The lowest BCUT2D eigenvalue weighted by Crippen LogP contribution is -2.45. The maximum absolute atomic E-state index is 13.0. The fraction of sp³-hybridized carbons (Fsp3) is 0.421. The van der Waals surface area contributed by atoms with Crippen molar-refractivity contribution in [3.63, 3.8) is 0 Å². The second-order valence-electron chi connectivity index (χ2n) is 6.78. The van der Waals surface area contributed by atoms with E-state index >= 15 is 0 Å². The van der Waals surface area contributed by atoms with Crippen LogP contribution in [-0.2, 0) is 11.3 Å². The summed E-state index contributed by atoms with van der Waals surface area (Å²) in [6.45, 7) is 10.4. The van der Waals surface area contributed by atoms with E-state index in [1.807, 2.05) is 52.0 Å². The van der Waals surface area contributed by atoms with Crippen LogP contribution in [0.1, 0.15) is 59.1 Å². The molecular weight excluding hydrogens is 336 g/mol. The van der Waals surface area contributed by atoms with Gasteiger partial charge in [0.1, 0.15) is 5.01 Å². The third-order valence-corrected chi connectivity index (χ3v) is 4.52. The Kier molecular flexibility index (Phi) is 5.95. The van der Waals surface area contributed by atoms with E-state index in [1.54, 1.807) is 17.2 Å². The Hall–Kier alpha value is -2.21. The number of esters is 1. The Morgan fingerprint density at radius 1 is 1.20 bits per heavy atom. The number of benzene rings is 1. The number of carbonyl (C=O) groups excluding carboxylic acids is 2. The molecule has 0 aliphatic heterocycles. The van der Waals surface area contributed by atoms with Crippen LogP contribution in [-0.4, -0.2) is 33.9 Å². The summed E-state index contributed by atoms with van der Waals surface area (Å²) in [5.74, 6) is -0.488. The van der Waals surface area contributed by atoms with Gasteiger partial charge in [-0.3, -0.25) is 4.79 Å². The van der Waals surface area contributed by atoms with Gasteiger partial charge in [-0.25, -0.2) is 9.78 Å². The standard InChI is InChI=1S/C19H24N2O3S/c1-6-24-18(23)15-12-25-16(20-15)11-21(19(3,4)5)17(22)14-9-7-13(2)8-10-14/h7-10,12H,6,11H2,1-5H3. The van der Waals surface area contributed by atoms with Gasteiger partial charge in [0, 0.05) is 16.5 Å². The van der Waals surface area contributed by atoms with Crippen LogP contribution in [0.4, 0.5) is 0 Å². The molecule has 1 aromatic heterocycles. The number of aromatic nitrogens is 1. The van der Waals surface area contributed by atoms with Gasteiger partial charge in [-0.15, -0.1) is 11.3 Å². The number of ether oxygens (including phenoxy) is 1. The zero-order chi connectivity index (χ0) is 18.6. The van der Waals surface area contributed by atoms with Crippen molar-refractivity contribution in [2.75, 3.05) is 6.61 Å². The van der Waals surface area contributed by atoms with Gasteiger partial charge in [-0.2, -0.15) is 0 Å². The van der Waals surface area contributed by atoms with Gasteiger partial charge in [-0.05, 0) is 46.8 Å². The lowest BCUT2D eigenvalue weighted by molar-refractivity contribution is 0.0520. The second-order valence-corrected chi connectivity index (χ2v) is 7.72. The smallest absolute Gasteiger partial charge is 0.357 e. The molecule has 0 spiro atoms. The summed E-state index contributed by atoms with van der Waals surface area (Å²) in [4.78, 5) is 30.8. The summed E-state index contributed by atoms with van der Waals surface area (Å²) in [5.41, 5.74) is 1.66. The van der Waals surface area contributed by atoms with Crippen molar-refractivity contribution < 1.29 is 14.3 Å². The third kappa shape index (κ3) is 4.89. The predicted molar refractivity (Wildman–Crippen MR) is 98.9 cm³/mol.